The Morgan fingerprint density at radius 3 is 2.00 bits per heavy atom. The molecule has 0 bridgehead atoms. The molecular weight excluding hydrogens is 362 g/mol. The van der Waals surface area contributed by atoms with Gasteiger partial charge in [0.1, 0.15) is 0 Å². The Hall–Kier alpha value is -3.47. The predicted molar refractivity (Wildman–Crippen MR) is 113 cm³/mol. The van der Waals surface area contributed by atoms with Crippen LogP contribution in [0.25, 0.3) is 10.8 Å². The number of carbonyl (C=O) groups excluding carboxylic acids is 1. The van der Waals surface area contributed by atoms with E-state index in [-0.39, 0.29) is 5.78 Å². The summed E-state index contributed by atoms with van der Waals surface area (Å²) in [5.41, 5.74) is 3.24. The van der Waals surface area contributed by atoms with E-state index in [0.717, 1.165) is 16.5 Å². The van der Waals surface area contributed by atoms with Crippen LogP contribution in [0.2, 0.25) is 0 Å². The number of anilines is 1. The summed E-state index contributed by atoms with van der Waals surface area (Å²) in [7, 11) is 0. The number of carbonyl (C=O) groups is 1. The molecule has 1 aliphatic rings. The van der Waals surface area contributed by atoms with Gasteiger partial charge in [0, 0.05) is 27.9 Å². The van der Waals surface area contributed by atoms with Gasteiger partial charge in [-0.15, -0.1) is 0 Å². The fraction of sp³-hybridized carbons (Fsp3) is 0.0800. The molecule has 0 saturated carbocycles. The van der Waals surface area contributed by atoms with E-state index < -0.39 is 12.5 Å². The summed E-state index contributed by atoms with van der Waals surface area (Å²) in [4.78, 5) is 14.7. The molecule has 1 heterocycles. The van der Waals surface area contributed by atoms with E-state index in [9.17, 15) is 15.0 Å². The summed E-state index contributed by atoms with van der Waals surface area (Å²) in [5.74, 6) is -0.0798. The Bertz CT molecular complexity index is 1190. The minimum Gasteiger partial charge on any atom is -0.369 e. The molecule has 29 heavy (non-hydrogen) atoms. The standard InChI is InChI=1S/C25H19NO3/c27-23(16-8-3-1-4-9-16)19-14-15-21-22-18(19)12-7-13-20(22)24(28)26(25(21)29)17-10-5-2-6-11-17/h1-15,24-25,28-29H. The molecule has 4 heteroatoms. The maximum Gasteiger partial charge on any atom is 0.193 e. The average Bonchev–Trinajstić information content (AvgIpc) is 2.78. The number of nitrogens with zero attached hydrogens (tertiary/aromatic N) is 1. The molecule has 0 radical (unpaired) electrons. The van der Waals surface area contributed by atoms with Crippen molar-refractivity contribution < 1.29 is 15.0 Å². The largest absolute Gasteiger partial charge is 0.369 e. The third-order valence-corrected chi connectivity index (χ3v) is 5.52. The van der Waals surface area contributed by atoms with Crippen LogP contribution in [0, 0.1) is 0 Å². The molecule has 0 spiro atoms. The molecular formula is C25H19NO3. The van der Waals surface area contributed by atoms with Crippen LogP contribution in [0.15, 0.2) is 91.0 Å². The molecule has 2 atom stereocenters. The third kappa shape index (κ3) is 2.73. The van der Waals surface area contributed by atoms with Crippen molar-refractivity contribution in [1.82, 2.24) is 0 Å². The van der Waals surface area contributed by atoms with Crippen molar-refractivity contribution in [3.8, 4) is 0 Å². The SMILES string of the molecule is O=C(c1ccccc1)c1ccc2c3c(cccc13)C(O)N(c1ccccc1)C2O. The van der Waals surface area contributed by atoms with Crippen molar-refractivity contribution in [3.63, 3.8) is 0 Å². The van der Waals surface area contributed by atoms with Gasteiger partial charge in [0.05, 0.1) is 0 Å². The lowest BCUT2D eigenvalue weighted by molar-refractivity contribution is 0.0800. The maximum absolute atomic E-state index is 13.1. The zero-order valence-corrected chi connectivity index (χ0v) is 15.6. The number of hydrogen-bond donors (Lipinski definition) is 2. The maximum atomic E-state index is 13.1. The van der Waals surface area contributed by atoms with Crippen molar-refractivity contribution in [2.75, 3.05) is 4.90 Å². The van der Waals surface area contributed by atoms with E-state index in [1.807, 2.05) is 66.7 Å². The molecule has 0 aromatic heterocycles. The van der Waals surface area contributed by atoms with Gasteiger partial charge in [0.2, 0.25) is 0 Å². The van der Waals surface area contributed by atoms with Crippen LogP contribution in [0.4, 0.5) is 5.69 Å². The highest BCUT2D eigenvalue weighted by Crippen LogP contribution is 2.44. The van der Waals surface area contributed by atoms with E-state index >= 15 is 0 Å². The summed E-state index contributed by atoms with van der Waals surface area (Å²) in [6, 6.07) is 27.6. The second-order valence-corrected chi connectivity index (χ2v) is 7.16. The minimum absolute atomic E-state index is 0.0798. The van der Waals surface area contributed by atoms with E-state index in [4.69, 9.17) is 0 Å². The van der Waals surface area contributed by atoms with Crippen LogP contribution in [0.3, 0.4) is 0 Å². The summed E-state index contributed by atoms with van der Waals surface area (Å²) in [6.07, 6.45) is -2.05. The van der Waals surface area contributed by atoms with Gasteiger partial charge < -0.3 is 15.1 Å². The summed E-state index contributed by atoms with van der Waals surface area (Å²) < 4.78 is 0. The summed E-state index contributed by atoms with van der Waals surface area (Å²) in [5, 5.41) is 23.6. The zero-order chi connectivity index (χ0) is 20.0. The van der Waals surface area contributed by atoms with Crippen LogP contribution < -0.4 is 4.90 Å². The number of benzene rings is 4. The number of rotatable bonds is 3. The van der Waals surface area contributed by atoms with Crippen LogP contribution in [-0.4, -0.2) is 16.0 Å². The van der Waals surface area contributed by atoms with Gasteiger partial charge in [-0.25, -0.2) is 0 Å². The van der Waals surface area contributed by atoms with E-state index in [2.05, 4.69) is 0 Å². The van der Waals surface area contributed by atoms with Gasteiger partial charge in [-0.1, -0.05) is 72.8 Å². The molecule has 142 valence electrons. The van der Waals surface area contributed by atoms with Crippen LogP contribution in [0.5, 0.6) is 0 Å². The second-order valence-electron chi connectivity index (χ2n) is 7.16. The fourth-order valence-electron chi connectivity index (χ4n) is 4.15. The van der Waals surface area contributed by atoms with E-state index in [0.29, 0.717) is 22.3 Å². The van der Waals surface area contributed by atoms with E-state index in [1.54, 1.807) is 29.2 Å². The van der Waals surface area contributed by atoms with Crippen molar-refractivity contribution in [3.05, 3.63) is 113 Å². The van der Waals surface area contributed by atoms with Crippen LogP contribution >= 0.6 is 0 Å². The Morgan fingerprint density at radius 1 is 0.690 bits per heavy atom. The molecule has 5 rings (SSSR count). The molecule has 2 N–H and O–H groups in total. The molecule has 0 fully saturated rings. The van der Waals surface area contributed by atoms with Crippen molar-refractivity contribution in [2.45, 2.75) is 12.5 Å². The number of para-hydroxylation sites is 1. The molecule has 1 aliphatic heterocycles. The van der Waals surface area contributed by atoms with Gasteiger partial charge in [0.25, 0.3) is 0 Å². The van der Waals surface area contributed by atoms with Crippen molar-refractivity contribution in [1.29, 1.82) is 0 Å². The van der Waals surface area contributed by atoms with Gasteiger partial charge in [-0.3, -0.25) is 4.79 Å². The molecule has 4 aromatic carbocycles. The smallest absolute Gasteiger partial charge is 0.193 e. The van der Waals surface area contributed by atoms with Gasteiger partial charge in [0.15, 0.2) is 18.2 Å². The second kappa shape index (κ2) is 6.85. The van der Waals surface area contributed by atoms with Gasteiger partial charge in [-0.05, 0) is 29.0 Å². The third-order valence-electron chi connectivity index (χ3n) is 5.52. The molecule has 0 amide bonds. The number of hydrogen-bond acceptors (Lipinski definition) is 4. The quantitative estimate of drug-likeness (QED) is 0.510. The lowest BCUT2D eigenvalue weighted by Crippen LogP contribution is -2.36. The van der Waals surface area contributed by atoms with Gasteiger partial charge >= 0.3 is 0 Å². The summed E-state index contributed by atoms with van der Waals surface area (Å²) in [6.45, 7) is 0. The normalized spacial score (nSPS) is 18.1. The topological polar surface area (TPSA) is 60.8 Å². The molecule has 4 aromatic rings. The Kier molecular flexibility index (Phi) is 4.16. The van der Waals surface area contributed by atoms with Crippen molar-refractivity contribution in [2.24, 2.45) is 0 Å². The van der Waals surface area contributed by atoms with Crippen LogP contribution in [-0.2, 0) is 0 Å². The zero-order valence-electron chi connectivity index (χ0n) is 15.6. The first-order valence-electron chi connectivity index (χ1n) is 9.51. The monoisotopic (exact) mass is 381 g/mol. The first-order valence-corrected chi connectivity index (χ1v) is 9.51. The minimum atomic E-state index is -1.02. The van der Waals surface area contributed by atoms with Crippen LogP contribution in [0.1, 0.15) is 39.5 Å². The molecule has 2 unspecified atom stereocenters. The number of aliphatic hydroxyl groups is 2. The molecule has 0 saturated heterocycles. The lowest BCUT2D eigenvalue weighted by Gasteiger charge is -2.39. The fourth-order valence-corrected chi connectivity index (χ4v) is 4.15. The lowest BCUT2D eigenvalue weighted by atomic mass is 9.88. The Morgan fingerprint density at radius 2 is 1.31 bits per heavy atom. The van der Waals surface area contributed by atoms with E-state index in [1.165, 1.54) is 0 Å². The highest BCUT2D eigenvalue weighted by Gasteiger charge is 2.34. The first kappa shape index (κ1) is 17.6. The Balaban J connectivity index is 1.70. The number of ketones is 1. The van der Waals surface area contributed by atoms with Crippen molar-refractivity contribution >= 4 is 22.2 Å². The average molecular weight is 381 g/mol. The number of aliphatic hydroxyl groups excluding tert-OH is 2. The highest BCUT2D eigenvalue weighted by atomic mass is 16.3. The van der Waals surface area contributed by atoms with Gasteiger partial charge in [-0.2, -0.15) is 0 Å². The molecule has 4 nitrogen and oxygen atoms in total. The summed E-state index contributed by atoms with van der Waals surface area (Å²) >= 11 is 0. The Labute approximate surface area is 168 Å². The first-order chi connectivity index (χ1) is 14.2. The molecule has 0 aliphatic carbocycles. The highest BCUT2D eigenvalue weighted by molar-refractivity contribution is 6.17. The predicted octanol–water partition coefficient (Wildman–Crippen LogP) is 4.57.